The highest BCUT2D eigenvalue weighted by Gasteiger charge is 2.14. The molecule has 26 heavy (non-hydrogen) atoms. The molecule has 0 saturated carbocycles. The van der Waals surface area contributed by atoms with Crippen molar-refractivity contribution < 1.29 is 13.6 Å². The molecular weight excluding hydrogens is 360 g/mol. The Labute approximate surface area is 152 Å². The van der Waals surface area contributed by atoms with E-state index in [1.54, 1.807) is 4.68 Å². The monoisotopic (exact) mass is 375 g/mol. The number of tetrazole rings is 1. The second-order valence-corrected chi connectivity index (χ2v) is 6.50. The summed E-state index contributed by atoms with van der Waals surface area (Å²) in [6, 6.07) is 8.97. The highest BCUT2D eigenvalue weighted by molar-refractivity contribution is 7.99. The average Bonchev–Trinajstić information content (AvgIpc) is 3.07. The summed E-state index contributed by atoms with van der Waals surface area (Å²) in [7, 11) is 0. The van der Waals surface area contributed by atoms with Gasteiger partial charge in [-0.05, 0) is 53.6 Å². The van der Waals surface area contributed by atoms with Crippen LogP contribution in [0.3, 0.4) is 0 Å². The van der Waals surface area contributed by atoms with Crippen LogP contribution in [0.15, 0.2) is 41.6 Å². The van der Waals surface area contributed by atoms with Crippen molar-refractivity contribution in [2.75, 3.05) is 11.1 Å². The van der Waals surface area contributed by atoms with E-state index >= 15 is 0 Å². The normalized spacial score (nSPS) is 10.8. The fourth-order valence-corrected chi connectivity index (χ4v) is 2.97. The van der Waals surface area contributed by atoms with Gasteiger partial charge in [-0.3, -0.25) is 4.79 Å². The van der Waals surface area contributed by atoms with E-state index in [4.69, 9.17) is 0 Å². The molecule has 2 aromatic carbocycles. The van der Waals surface area contributed by atoms with Crippen molar-refractivity contribution in [3.8, 4) is 5.69 Å². The summed E-state index contributed by atoms with van der Waals surface area (Å²) in [6.45, 7) is 3.96. The Morgan fingerprint density at radius 3 is 2.77 bits per heavy atom. The summed E-state index contributed by atoms with van der Waals surface area (Å²) in [6.07, 6.45) is 0. The summed E-state index contributed by atoms with van der Waals surface area (Å²) in [4.78, 5) is 12.0. The molecule has 0 radical (unpaired) electrons. The average molecular weight is 375 g/mol. The third-order valence-electron chi connectivity index (χ3n) is 3.78. The maximum atomic E-state index is 13.2. The van der Waals surface area contributed by atoms with Crippen molar-refractivity contribution in [2.24, 2.45) is 0 Å². The number of benzene rings is 2. The van der Waals surface area contributed by atoms with Crippen molar-refractivity contribution in [2.45, 2.75) is 19.0 Å². The van der Waals surface area contributed by atoms with Crippen molar-refractivity contribution in [3.63, 3.8) is 0 Å². The van der Waals surface area contributed by atoms with Gasteiger partial charge >= 0.3 is 0 Å². The third kappa shape index (κ3) is 3.88. The molecule has 0 aliphatic heterocycles. The highest BCUT2D eigenvalue weighted by Crippen LogP contribution is 2.22. The third-order valence-corrected chi connectivity index (χ3v) is 4.70. The quantitative estimate of drug-likeness (QED) is 0.693. The van der Waals surface area contributed by atoms with Crippen molar-refractivity contribution in [3.05, 3.63) is 59.2 Å². The Kier molecular flexibility index (Phi) is 5.27. The summed E-state index contributed by atoms with van der Waals surface area (Å²) in [5.74, 6) is -2.35. The number of aryl methyl sites for hydroxylation is 1. The molecule has 1 heterocycles. The fraction of sp³-hybridized carbons (Fsp3) is 0.176. The van der Waals surface area contributed by atoms with Gasteiger partial charge in [0.25, 0.3) is 0 Å². The first-order valence-corrected chi connectivity index (χ1v) is 8.67. The van der Waals surface area contributed by atoms with E-state index in [0.717, 1.165) is 40.7 Å². The SMILES string of the molecule is Cc1cccc(-n2nnnc2SCC(=O)Nc2ccc(F)c(F)c2)c1C. The Balaban J connectivity index is 1.69. The first kappa shape index (κ1) is 18.0. The molecule has 9 heteroatoms. The highest BCUT2D eigenvalue weighted by atomic mass is 32.2. The van der Waals surface area contributed by atoms with Crippen LogP contribution < -0.4 is 5.32 Å². The number of nitrogens with zero attached hydrogens (tertiary/aromatic N) is 4. The van der Waals surface area contributed by atoms with E-state index in [1.807, 2.05) is 32.0 Å². The molecule has 1 aromatic heterocycles. The molecule has 3 aromatic rings. The molecule has 1 N–H and O–H groups in total. The first-order chi connectivity index (χ1) is 12.5. The summed E-state index contributed by atoms with van der Waals surface area (Å²) < 4.78 is 27.7. The molecule has 6 nitrogen and oxygen atoms in total. The Hall–Kier alpha value is -2.81. The van der Waals surface area contributed by atoms with Gasteiger partial charge in [-0.1, -0.05) is 23.9 Å². The number of carbonyl (C=O) groups excluding carboxylic acids is 1. The molecule has 0 unspecified atom stereocenters. The lowest BCUT2D eigenvalue weighted by Crippen LogP contribution is -2.15. The van der Waals surface area contributed by atoms with Gasteiger partial charge in [-0.15, -0.1) is 5.10 Å². The molecule has 134 valence electrons. The van der Waals surface area contributed by atoms with Crippen LogP contribution in [0.2, 0.25) is 0 Å². The molecule has 1 amide bonds. The second-order valence-electron chi connectivity index (χ2n) is 5.56. The van der Waals surface area contributed by atoms with Gasteiger partial charge in [-0.2, -0.15) is 4.68 Å². The molecule has 0 fully saturated rings. The Morgan fingerprint density at radius 2 is 2.00 bits per heavy atom. The lowest BCUT2D eigenvalue weighted by Gasteiger charge is -2.09. The molecule has 3 rings (SSSR count). The van der Waals surface area contributed by atoms with Crippen LogP contribution in [0.1, 0.15) is 11.1 Å². The fourth-order valence-electron chi connectivity index (χ4n) is 2.29. The summed E-state index contributed by atoms with van der Waals surface area (Å²) in [5.41, 5.74) is 3.15. The van der Waals surface area contributed by atoms with Gasteiger partial charge in [0.2, 0.25) is 11.1 Å². The first-order valence-electron chi connectivity index (χ1n) is 7.68. The number of hydrogen-bond donors (Lipinski definition) is 1. The Morgan fingerprint density at radius 1 is 1.19 bits per heavy atom. The number of carbonyl (C=O) groups is 1. The number of anilines is 1. The minimum atomic E-state index is -1.02. The molecule has 0 aliphatic rings. The van der Waals surface area contributed by atoms with Gasteiger partial charge < -0.3 is 5.32 Å². The smallest absolute Gasteiger partial charge is 0.234 e. The van der Waals surface area contributed by atoms with E-state index in [0.29, 0.717) is 5.16 Å². The van der Waals surface area contributed by atoms with Crippen molar-refractivity contribution in [1.29, 1.82) is 0 Å². The maximum Gasteiger partial charge on any atom is 0.234 e. The van der Waals surface area contributed by atoms with E-state index < -0.39 is 11.6 Å². The number of halogens is 2. The van der Waals surface area contributed by atoms with Crippen LogP contribution in [0, 0.1) is 25.5 Å². The zero-order valence-electron chi connectivity index (χ0n) is 14.0. The van der Waals surface area contributed by atoms with Crippen LogP contribution >= 0.6 is 11.8 Å². The van der Waals surface area contributed by atoms with Crippen LogP contribution in [0.25, 0.3) is 5.69 Å². The lowest BCUT2D eigenvalue weighted by atomic mass is 10.1. The van der Waals surface area contributed by atoms with Gasteiger partial charge in [0.05, 0.1) is 11.4 Å². The van der Waals surface area contributed by atoms with E-state index in [-0.39, 0.29) is 17.3 Å². The van der Waals surface area contributed by atoms with Crippen LogP contribution in [0.4, 0.5) is 14.5 Å². The van der Waals surface area contributed by atoms with Crippen LogP contribution in [0.5, 0.6) is 0 Å². The number of rotatable bonds is 5. The van der Waals surface area contributed by atoms with Gasteiger partial charge in [0.1, 0.15) is 0 Å². The number of aromatic nitrogens is 4. The molecule has 0 bridgehead atoms. The van der Waals surface area contributed by atoms with E-state index in [2.05, 4.69) is 20.8 Å². The molecule has 0 saturated heterocycles. The Bertz CT molecular complexity index is 960. The van der Waals surface area contributed by atoms with Gasteiger partial charge in [0.15, 0.2) is 11.6 Å². The van der Waals surface area contributed by atoms with E-state index in [1.165, 1.54) is 6.07 Å². The zero-order chi connectivity index (χ0) is 18.7. The van der Waals surface area contributed by atoms with Gasteiger partial charge in [0, 0.05) is 11.8 Å². The van der Waals surface area contributed by atoms with Crippen LogP contribution in [-0.2, 0) is 4.79 Å². The molecule has 0 aliphatic carbocycles. The predicted molar refractivity (Wildman–Crippen MR) is 94.3 cm³/mol. The topological polar surface area (TPSA) is 72.7 Å². The zero-order valence-corrected chi connectivity index (χ0v) is 14.8. The minimum Gasteiger partial charge on any atom is -0.325 e. The predicted octanol–water partition coefficient (Wildman–Crippen LogP) is 3.29. The number of nitrogens with one attached hydrogen (secondary N) is 1. The summed E-state index contributed by atoms with van der Waals surface area (Å²) >= 11 is 1.14. The number of hydrogen-bond acceptors (Lipinski definition) is 5. The van der Waals surface area contributed by atoms with Crippen LogP contribution in [-0.4, -0.2) is 31.9 Å². The molecule has 0 spiro atoms. The maximum absolute atomic E-state index is 13.2. The van der Waals surface area contributed by atoms with E-state index in [9.17, 15) is 13.6 Å². The number of amides is 1. The standard InChI is InChI=1S/C17H15F2N5OS/c1-10-4-3-5-15(11(10)2)24-17(21-22-23-24)26-9-16(25)20-12-6-7-13(18)14(19)8-12/h3-8H,9H2,1-2H3,(H,20,25). The summed E-state index contributed by atoms with van der Waals surface area (Å²) in [5, 5.41) is 14.6. The molecular formula is C17H15F2N5OS. The lowest BCUT2D eigenvalue weighted by molar-refractivity contribution is -0.113. The molecule has 0 atom stereocenters. The van der Waals surface area contributed by atoms with Gasteiger partial charge in [-0.25, -0.2) is 8.78 Å². The second kappa shape index (κ2) is 7.61. The van der Waals surface area contributed by atoms with Crippen molar-refractivity contribution >= 4 is 23.4 Å². The van der Waals surface area contributed by atoms with Crippen molar-refractivity contribution in [1.82, 2.24) is 20.2 Å². The minimum absolute atomic E-state index is 0.0181. The largest absolute Gasteiger partial charge is 0.325 e. The number of thioether (sulfide) groups is 1.